The molecule has 0 aromatic heterocycles. The van der Waals surface area contributed by atoms with E-state index in [1.807, 2.05) is 11.9 Å². The van der Waals surface area contributed by atoms with E-state index in [9.17, 15) is 4.79 Å². The second-order valence-corrected chi connectivity index (χ2v) is 5.67. The second-order valence-electron chi connectivity index (χ2n) is 5.67. The Kier molecular flexibility index (Phi) is 6.13. The monoisotopic (exact) mass is 254 g/mol. The minimum absolute atomic E-state index is 0.0860. The molecule has 1 aliphatic heterocycles. The van der Waals surface area contributed by atoms with Gasteiger partial charge in [-0.05, 0) is 45.2 Å². The van der Waals surface area contributed by atoms with Crippen LogP contribution >= 0.6 is 0 Å². The smallest absolute Gasteiger partial charge is 0.228 e. The zero-order chi connectivity index (χ0) is 13.6. The van der Waals surface area contributed by atoms with Gasteiger partial charge >= 0.3 is 0 Å². The Morgan fingerprint density at radius 1 is 1.22 bits per heavy atom. The number of nitrogens with zero attached hydrogens (tertiary/aromatic N) is 1. The highest BCUT2D eigenvalue weighted by Crippen LogP contribution is 2.36. The molecule has 3 nitrogen and oxygen atoms in total. The summed E-state index contributed by atoms with van der Waals surface area (Å²) < 4.78 is 0. The highest BCUT2D eigenvalue weighted by atomic mass is 16.2. The molecule has 1 aliphatic rings. The van der Waals surface area contributed by atoms with E-state index >= 15 is 0 Å². The molecule has 1 heterocycles. The Hall–Kier alpha value is -0.570. The largest absolute Gasteiger partial charge is 0.342 e. The third-order valence-electron chi connectivity index (χ3n) is 4.55. The predicted molar refractivity (Wildman–Crippen MR) is 76.6 cm³/mol. The maximum atomic E-state index is 12.9. The lowest BCUT2D eigenvalue weighted by Gasteiger charge is -2.41. The fourth-order valence-electron chi connectivity index (χ4n) is 3.33. The molecule has 1 amide bonds. The Morgan fingerprint density at radius 3 is 2.22 bits per heavy atom. The average Bonchev–Trinajstić information content (AvgIpc) is 2.40. The molecule has 0 saturated carbocycles. The van der Waals surface area contributed by atoms with E-state index in [1.54, 1.807) is 0 Å². The van der Waals surface area contributed by atoms with Crippen LogP contribution in [0.15, 0.2) is 0 Å². The molecular formula is C15H30N2O. The fraction of sp³-hybridized carbons (Fsp3) is 0.933. The van der Waals surface area contributed by atoms with Crippen molar-refractivity contribution in [1.29, 1.82) is 0 Å². The zero-order valence-electron chi connectivity index (χ0n) is 12.6. The van der Waals surface area contributed by atoms with Gasteiger partial charge in [0.15, 0.2) is 0 Å². The van der Waals surface area contributed by atoms with E-state index in [0.717, 1.165) is 51.6 Å². The van der Waals surface area contributed by atoms with E-state index < -0.39 is 0 Å². The summed E-state index contributed by atoms with van der Waals surface area (Å²) in [4.78, 5) is 14.9. The van der Waals surface area contributed by atoms with E-state index in [4.69, 9.17) is 0 Å². The summed E-state index contributed by atoms with van der Waals surface area (Å²) >= 11 is 0. The molecule has 0 radical (unpaired) electrons. The standard InChI is InChI=1S/C15H30N2O/c1-5-8-15(9-11-16-12-10-15)14(18)17(4)13(6-2)7-3/h13,16H,5-12H2,1-4H3. The molecule has 0 unspecified atom stereocenters. The van der Waals surface area contributed by atoms with Gasteiger partial charge < -0.3 is 10.2 Å². The number of piperidine rings is 1. The maximum Gasteiger partial charge on any atom is 0.228 e. The number of nitrogens with one attached hydrogen (secondary N) is 1. The van der Waals surface area contributed by atoms with Gasteiger partial charge in [0.25, 0.3) is 0 Å². The lowest BCUT2D eigenvalue weighted by atomic mass is 9.74. The molecule has 0 aliphatic carbocycles. The van der Waals surface area contributed by atoms with Gasteiger partial charge in [0.2, 0.25) is 5.91 Å². The summed E-state index contributed by atoms with van der Waals surface area (Å²) in [5.41, 5.74) is -0.0860. The number of carbonyl (C=O) groups excluding carboxylic acids is 1. The fourth-order valence-corrected chi connectivity index (χ4v) is 3.33. The van der Waals surface area contributed by atoms with Gasteiger partial charge in [0.1, 0.15) is 0 Å². The topological polar surface area (TPSA) is 32.3 Å². The molecular weight excluding hydrogens is 224 g/mol. The van der Waals surface area contributed by atoms with E-state index in [1.165, 1.54) is 0 Å². The SMILES string of the molecule is CCCC1(C(=O)N(C)C(CC)CC)CCNCC1. The van der Waals surface area contributed by atoms with Crippen molar-refractivity contribution in [2.24, 2.45) is 5.41 Å². The molecule has 1 rings (SSSR count). The molecule has 0 aromatic carbocycles. The average molecular weight is 254 g/mol. The van der Waals surface area contributed by atoms with Crippen molar-refractivity contribution in [3.63, 3.8) is 0 Å². The van der Waals surface area contributed by atoms with Crippen LogP contribution in [0.4, 0.5) is 0 Å². The number of rotatable bonds is 6. The molecule has 0 spiro atoms. The van der Waals surface area contributed by atoms with E-state index in [-0.39, 0.29) is 5.41 Å². The Labute approximate surface area is 112 Å². The lowest BCUT2D eigenvalue weighted by molar-refractivity contribution is -0.145. The third-order valence-corrected chi connectivity index (χ3v) is 4.55. The van der Waals surface area contributed by atoms with Crippen LogP contribution in [0, 0.1) is 5.41 Å². The summed E-state index contributed by atoms with van der Waals surface area (Å²) in [6, 6.07) is 0.404. The Bertz CT molecular complexity index is 250. The first-order valence-electron chi connectivity index (χ1n) is 7.59. The minimum atomic E-state index is -0.0860. The maximum absolute atomic E-state index is 12.9. The van der Waals surface area contributed by atoms with Crippen molar-refractivity contribution in [3.05, 3.63) is 0 Å². The quantitative estimate of drug-likeness (QED) is 0.790. The summed E-state index contributed by atoms with van der Waals surface area (Å²) in [5, 5.41) is 3.38. The van der Waals surface area contributed by atoms with Crippen LogP contribution in [0.5, 0.6) is 0 Å². The highest BCUT2D eigenvalue weighted by Gasteiger charge is 2.41. The van der Waals surface area contributed by atoms with Gasteiger partial charge in [-0.1, -0.05) is 27.2 Å². The summed E-state index contributed by atoms with van der Waals surface area (Å²) in [6.45, 7) is 8.51. The summed E-state index contributed by atoms with van der Waals surface area (Å²) in [5.74, 6) is 0.388. The Morgan fingerprint density at radius 2 is 1.78 bits per heavy atom. The molecule has 1 N–H and O–H groups in total. The molecule has 1 fully saturated rings. The van der Waals surface area contributed by atoms with Crippen molar-refractivity contribution >= 4 is 5.91 Å². The molecule has 0 bridgehead atoms. The highest BCUT2D eigenvalue weighted by molar-refractivity contribution is 5.83. The summed E-state index contributed by atoms with van der Waals surface area (Å²) in [6.07, 6.45) is 6.26. The molecule has 106 valence electrons. The second kappa shape index (κ2) is 7.13. The number of carbonyl (C=O) groups is 1. The van der Waals surface area contributed by atoms with Crippen LogP contribution in [0.1, 0.15) is 59.3 Å². The van der Waals surface area contributed by atoms with Gasteiger partial charge in [-0.25, -0.2) is 0 Å². The van der Waals surface area contributed by atoms with Gasteiger partial charge in [-0.15, -0.1) is 0 Å². The molecule has 18 heavy (non-hydrogen) atoms. The van der Waals surface area contributed by atoms with Crippen LogP contribution in [0.3, 0.4) is 0 Å². The first kappa shape index (κ1) is 15.5. The zero-order valence-corrected chi connectivity index (χ0v) is 12.6. The van der Waals surface area contributed by atoms with Crippen LogP contribution in [-0.4, -0.2) is 37.0 Å². The van der Waals surface area contributed by atoms with Crippen LogP contribution in [0.25, 0.3) is 0 Å². The first-order valence-corrected chi connectivity index (χ1v) is 7.59. The Balaban J connectivity index is 2.81. The minimum Gasteiger partial charge on any atom is -0.342 e. The number of hydrogen-bond acceptors (Lipinski definition) is 2. The van der Waals surface area contributed by atoms with Gasteiger partial charge in [-0.3, -0.25) is 4.79 Å². The predicted octanol–water partition coefficient (Wildman–Crippen LogP) is 2.80. The van der Waals surface area contributed by atoms with Crippen LogP contribution < -0.4 is 5.32 Å². The number of hydrogen-bond donors (Lipinski definition) is 1. The van der Waals surface area contributed by atoms with E-state index in [2.05, 4.69) is 26.1 Å². The van der Waals surface area contributed by atoms with Crippen LogP contribution in [0.2, 0.25) is 0 Å². The number of amides is 1. The lowest BCUT2D eigenvalue weighted by Crippen LogP contribution is -2.50. The van der Waals surface area contributed by atoms with Crippen molar-refractivity contribution in [3.8, 4) is 0 Å². The van der Waals surface area contributed by atoms with E-state index in [0.29, 0.717) is 11.9 Å². The molecule has 0 atom stereocenters. The first-order chi connectivity index (χ1) is 8.61. The van der Waals surface area contributed by atoms with Gasteiger partial charge in [0, 0.05) is 13.1 Å². The third kappa shape index (κ3) is 3.25. The van der Waals surface area contributed by atoms with Crippen molar-refractivity contribution < 1.29 is 4.79 Å². The normalized spacial score (nSPS) is 18.9. The molecule has 1 saturated heterocycles. The van der Waals surface area contributed by atoms with Crippen molar-refractivity contribution in [2.45, 2.75) is 65.3 Å². The van der Waals surface area contributed by atoms with Crippen molar-refractivity contribution in [1.82, 2.24) is 10.2 Å². The van der Waals surface area contributed by atoms with Crippen LogP contribution in [-0.2, 0) is 4.79 Å². The van der Waals surface area contributed by atoms with Crippen molar-refractivity contribution in [2.75, 3.05) is 20.1 Å². The molecule has 0 aromatic rings. The molecule has 3 heteroatoms. The summed E-state index contributed by atoms with van der Waals surface area (Å²) in [7, 11) is 2.00. The van der Waals surface area contributed by atoms with Gasteiger partial charge in [0.05, 0.1) is 5.41 Å². The van der Waals surface area contributed by atoms with Gasteiger partial charge in [-0.2, -0.15) is 0 Å².